The Morgan fingerprint density at radius 3 is 2.54 bits per heavy atom. The molecule has 1 amide bonds. The molecule has 0 fully saturated rings. The van der Waals surface area contributed by atoms with Gasteiger partial charge in [0.1, 0.15) is 11.3 Å². The summed E-state index contributed by atoms with van der Waals surface area (Å²) in [4.78, 5) is 24.0. The molecule has 0 aliphatic rings. The van der Waals surface area contributed by atoms with Gasteiger partial charge in [-0.1, -0.05) is 37.3 Å². The van der Waals surface area contributed by atoms with Crippen molar-refractivity contribution < 1.29 is 18.7 Å². The fourth-order valence-corrected chi connectivity index (χ4v) is 2.66. The SMILES string of the molecule is CCc1ccc(C(=O)OCC(=O)N[C@H](C)c2cc3ccccc3o2)cc1. The van der Waals surface area contributed by atoms with Gasteiger partial charge in [0.2, 0.25) is 0 Å². The van der Waals surface area contributed by atoms with Crippen LogP contribution in [-0.2, 0) is 16.0 Å². The van der Waals surface area contributed by atoms with Crippen molar-refractivity contribution in [1.29, 1.82) is 0 Å². The fourth-order valence-electron chi connectivity index (χ4n) is 2.66. The van der Waals surface area contributed by atoms with Gasteiger partial charge in [-0.05, 0) is 43.2 Å². The maximum absolute atomic E-state index is 12.0. The molecule has 0 aliphatic heterocycles. The Hall–Kier alpha value is -3.08. The second kappa shape index (κ2) is 7.87. The molecule has 5 heteroatoms. The van der Waals surface area contributed by atoms with Crippen molar-refractivity contribution >= 4 is 22.8 Å². The van der Waals surface area contributed by atoms with Crippen molar-refractivity contribution in [3.05, 3.63) is 71.5 Å². The number of fused-ring (bicyclic) bond motifs is 1. The minimum absolute atomic E-state index is 0.322. The number of hydrogen-bond donors (Lipinski definition) is 1. The second-order valence-electron chi connectivity index (χ2n) is 6.10. The van der Waals surface area contributed by atoms with Gasteiger partial charge in [-0.15, -0.1) is 0 Å². The Morgan fingerprint density at radius 2 is 1.85 bits per heavy atom. The summed E-state index contributed by atoms with van der Waals surface area (Å²) < 4.78 is 10.8. The number of furan rings is 1. The van der Waals surface area contributed by atoms with Gasteiger partial charge >= 0.3 is 5.97 Å². The number of amides is 1. The zero-order valence-corrected chi connectivity index (χ0v) is 14.8. The molecule has 0 unspecified atom stereocenters. The average Bonchev–Trinajstić information content (AvgIpc) is 3.10. The van der Waals surface area contributed by atoms with Crippen LogP contribution >= 0.6 is 0 Å². The number of ether oxygens (including phenoxy) is 1. The van der Waals surface area contributed by atoms with Crippen LogP contribution in [0.25, 0.3) is 11.0 Å². The number of esters is 1. The number of nitrogens with one attached hydrogen (secondary N) is 1. The number of para-hydroxylation sites is 1. The predicted molar refractivity (Wildman–Crippen MR) is 98.9 cm³/mol. The number of aryl methyl sites for hydroxylation is 1. The minimum atomic E-state index is -0.515. The van der Waals surface area contributed by atoms with E-state index in [-0.39, 0.29) is 18.6 Å². The van der Waals surface area contributed by atoms with Crippen LogP contribution in [0.1, 0.15) is 41.6 Å². The van der Waals surface area contributed by atoms with Crippen LogP contribution < -0.4 is 5.32 Å². The Kier molecular flexibility index (Phi) is 5.37. The number of hydrogen-bond acceptors (Lipinski definition) is 4. The summed E-state index contributed by atoms with van der Waals surface area (Å²) in [6.45, 7) is 3.53. The van der Waals surface area contributed by atoms with Gasteiger partial charge in [-0.2, -0.15) is 0 Å². The standard InChI is InChI=1S/C21H21NO4/c1-3-15-8-10-16(11-9-15)21(24)25-13-20(23)22-14(2)19-12-17-6-4-5-7-18(17)26-19/h4-12,14H,3,13H2,1-2H3,(H,22,23)/t14-/m1/s1. The summed E-state index contributed by atoms with van der Waals surface area (Å²) in [6.07, 6.45) is 0.900. The molecule has 3 aromatic rings. The number of rotatable bonds is 6. The van der Waals surface area contributed by atoms with Crippen LogP contribution in [0.15, 0.2) is 59.0 Å². The van der Waals surface area contributed by atoms with E-state index >= 15 is 0 Å². The third-order valence-corrected chi connectivity index (χ3v) is 4.18. The predicted octanol–water partition coefficient (Wildman–Crippen LogP) is 4.03. The van der Waals surface area contributed by atoms with E-state index in [0.29, 0.717) is 11.3 Å². The Morgan fingerprint density at radius 1 is 1.12 bits per heavy atom. The van der Waals surface area contributed by atoms with Gasteiger partial charge in [-0.3, -0.25) is 4.79 Å². The lowest BCUT2D eigenvalue weighted by Gasteiger charge is -2.11. The van der Waals surface area contributed by atoms with Crippen LogP contribution in [-0.4, -0.2) is 18.5 Å². The molecule has 2 aromatic carbocycles. The van der Waals surface area contributed by atoms with Crippen LogP contribution in [0.5, 0.6) is 0 Å². The third-order valence-electron chi connectivity index (χ3n) is 4.18. The van der Waals surface area contributed by atoms with Gasteiger partial charge in [0.15, 0.2) is 6.61 Å². The molecule has 0 saturated carbocycles. The largest absolute Gasteiger partial charge is 0.459 e. The van der Waals surface area contributed by atoms with Crippen molar-refractivity contribution in [2.75, 3.05) is 6.61 Å². The smallest absolute Gasteiger partial charge is 0.338 e. The molecule has 134 valence electrons. The van der Waals surface area contributed by atoms with E-state index in [1.54, 1.807) is 12.1 Å². The van der Waals surface area contributed by atoms with Gasteiger partial charge in [0.25, 0.3) is 5.91 Å². The molecular weight excluding hydrogens is 330 g/mol. The lowest BCUT2D eigenvalue weighted by molar-refractivity contribution is -0.125. The highest BCUT2D eigenvalue weighted by Crippen LogP contribution is 2.23. The quantitative estimate of drug-likeness (QED) is 0.681. The fraction of sp³-hybridized carbons (Fsp3) is 0.238. The molecule has 0 saturated heterocycles. The maximum atomic E-state index is 12.0. The van der Waals surface area contributed by atoms with Crippen molar-refractivity contribution in [1.82, 2.24) is 5.32 Å². The first-order valence-corrected chi connectivity index (χ1v) is 8.60. The van der Waals surface area contributed by atoms with E-state index < -0.39 is 5.97 Å². The number of benzene rings is 2. The highest BCUT2D eigenvalue weighted by molar-refractivity contribution is 5.91. The molecule has 0 spiro atoms. The zero-order chi connectivity index (χ0) is 18.5. The first kappa shape index (κ1) is 17.7. The molecule has 0 bridgehead atoms. The summed E-state index contributed by atoms with van der Waals surface area (Å²) in [5, 5.41) is 3.75. The van der Waals surface area contributed by atoms with Crippen LogP contribution in [0.2, 0.25) is 0 Å². The number of carbonyl (C=O) groups excluding carboxylic acids is 2. The molecule has 1 atom stereocenters. The average molecular weight is 351 g/mol. The second-order valence-corrected chi connectivity index (χ2v) is 6.10. The van der Waals surface area contributed by atoms with E-state index in [4.69, 9.17) is 9.15 Å². The molecule has 3 rings (SSSR count). The Labute approximate surface area is 152 Å². The monoisotopic (exact) mass is 351 g/mol. The van der Waals surface area contributed by atoms with E-state index in [9.17, 15) is 9.59 Å². The molecule has 1 heterocycles. The summed E-state index contributed by atoms with van der Waals surface area (Å²) >= 11 is 0. The third kappa shape index (κ3) is 4.11. The van der Waals surface area contributed by atoms with Gasteiger partial charge < -0.3 is 14.5 Å². The first-order valence-electron chi connectivity index (χ1n) is 8.60. The molecule has 5 nitrogen and oxygen atoms in total. The topological polar surface area (TPSA) is 68.5 Å². The highest BCUT2D eigenvalue weighted by atomic mass is 16.5. The zero-order valence-electron chi connectivity index (χ0n) is 14.8. The van der Waals surface area contributed by atoms with Gasteiger partial charge in [0.05, 0.1) is 11.6 Å². The minimum Gasteiger partial charge on any atom is -0.459 e. The van der Waals surface area contributed by atoms with E-state index in [1.165, 1.54) is 0 Å². The van der Waals surface area contributed by atoms with Gasteiger partial charge in [-0.25, -0.2) is 4.79 Å². The first-order chi connectivity index (χ1) is 12.6. The van der Waals surface area contributed by atoms with Crippen LogP contribution in [0, 0.1) is 0 Å². The normalized spacial score (nSPS) is 11.9. The Bertz CT molecular complexity index is 878. The maximum Gasteiger partial charge on any atom is 0.338 e. The highest BCUT2D eigenvalue weighted by Gasteiger charge is 2.16. The van der Waals surface area contributed by atoms with E-state index in [1.807, 2.05) is 56.3 Å². The number of carbonyl (C=O) groups is 2. The summed E-state index contributed by atoms with van der Waals surface area (Å²) in [5.41, 5.74) is 2.34. The van der Waals surface area contributed by atoms with Crippen LogP contribution in [0.3, 0.4) is 0 Å². The van der Waals surface area contributed by atoms with Crippen LogP contribution in [0.4, 0.5) is 0 Å². The molecule has 1 aromatic heterocycles. The molecule has 0 radical (unpaired) electrons. The van der Waals surface area contributed by atoms with E-state index in [2.05, 4.69) is 5.32 Å². The Balaban J connectivity index is 1.53. The molecule has 26 heavy (non-hydrogen) atoms. The van der Waals surface area contributed by atoms with E-state index in [0.717, 1.165) is 23.0 Å². The van der Waals surface area contributed by atoms with Crippen molar-refractivity contribution in [2.24, 2.45) is 0 Å². The van der Waals surface area contributed by atoms with Gasteiger partial charge in [0, 0.05) is 5.39 Å². The summed E-state index contributed by atoms with van der Waals surface area (Å²) in [6, 6.07) is 16.4. The van der Waals surface area contributed by atoms with Crippen molar-refractivity contribution in [3.8, 4) is 0 Å². The lowest BCUT2D eigenvalue weighted by Crippen LogP contribution is -2.31. The summed E-state index contributed by atoms with van der Waals surface area (Å²) in [7, 11) is 0. The van der Waals surface area contributed by atoms with Crippen molar-refractivity contribution in [3.63, 3.8) is 0 Å². The lowest BCUT2D eigenvalue weighted by atomic mass is 10.1. The van der Waals surface area contributed by atoms with Crippen molar-refractivity contribution in [2.45, 2.75) is 26.3 Å². The molecule has 0 aliphatic carbocycles. The summed E-state index contributed by atoms with van der Waals surface area (Å²) in [5.74, 6) is -0.239. The molecular formula is C21H21NO4. The molecule has 1 N–H and O–H groups in total.